The Hall–Kier alpha value is -3.51. The Morgan fingerprint density at radius 3 is 2.70 bits per heavy atom. The van der Waals surface area contributed by atoms with Gasteiger partial charge in [0.1, 0.15) is 18.7 Å². The highest BCUT2D eigenvalue weighted by atomic mass is 35.5. The fourth-order valence-corrected chi connectivity index (χ4v) is 3.46. The van der Waals surface area contributed by atoms with Gasteiger partial charge in [0.2, 0.25) is 5.89 Å². The second-order valence-electron chi connectivity index (χ2n) is 6.97. The molecule has 0 radical (unpaired) electrons. The van der Waals surface area contributed by atoms with Gasteiger partial charge in [0.25, 0.3) is 5.91 Å². The summed E-state index contributed by atoms with van der Waals surface area (Å²) in [5.74, 6) is 1.44. The maximum atomic E-state index is 12.8. The van der Waals surface area contributed by atoms with E-state index in [0.29, 0.717) is 58.0 Å². The molecule has 7 heteroatoms. The average molecular weight is 421 g/mol. The largest absolute Gasteiger partial charge is 0.486 e. The molecule has 0 saturated heterocycles. The third-order valence-corrected chi connectivity index (χ3v) is 5.12. The highest BCUT2D eigenvalue weighted by Crippen LogP contribution is 2.32. The minimum absolute atomic E-state index is 0.239. The smallest absolute Gasteiger partial charge is 0.255 e. The van der Waals surface area contributed by atoms with Crippen molar-refractivity contribution in [3.63, 3.8) is 0 Å². The third-order valence-electron chi connectivity index (χ3n) is 4.89. The summed E-state index contributed by atoms with van der Waals surface area (Å²) >= 11 is 6.03. The molecule has 30 heavy (non-hydrogen) atoms. The number of aromatic nitrogens is 1. The highest BCUT2D eigenvalue weighted by Gasteiger charge is 2.16. The van der Waals surface area contributed by atoms with E-state index in [1.54, 1.807) is 36.4 Å². The van der Waals surface area contributed by atoms with E-state index in [-0.39, 0.29) is 5.91 Å². The summed E-state index contributed by atoms with van der Waals surface area (Å²) < 4.78 is 16.9. The lowest BCUT2D eigenvalue weighted by atomic mass is 10.1. The number of carbonyl (C=O) groups is 1. The van der Waals surface area contributed by atoms with Gasteiger partial charge in [0.15, 0.2) is 17.1 Å². The molecule has 0 saturated carbocycles. The average Bonchev–Trinajstić information content (AvgIpc) is 3.18. The number of oxazole rings is 1. The van der Waals surface area contributed by atoms with Crippen LogP contribution in [0.25, 0.3) is 22.6 Å². The van der Waals surface area contributed by atoms with Gasteiger partial charge in [-0.05, 0) is 61.0 Å². The number of ether oxygens (including phenoxy) is 2. The second-order valence-corrected chi connectivity index (χ2v) is 7.41. The number of halogens is 1. The van der Waals surface area contributed by atoms with Crippen molar-refractivity contribution in [2.24, 2.45) is 0 Å². The quantitative estimate of drug-likeness (QED) is 0.475. The molecule has 5 rings (SSSR count). The molecule has 1 N–H and O–H groups in total. The third kappa shape index (κ3) is 3.46. The molecule has 150 valence electrons. The molecule has 1 aliphatic rings. The molecule has 1 aromatic heterocycles. The molecular formula is C23H17ClN2O4. The zero-order valence-corrected chi connectivity index (χ0v) is 16.8. The molecule has 2 heterocycles. The first-order valence-electron chi connectivity index (χ1n) is 9.45. The zero-order valence-electron chi connectivity index (χ0n) is 16.1. The lowest BCUT2D eigenvalue weighted by molar-refractivity contribution is 0.102. The zero-order chi connectivity index (χ0) is 20.7. The number of nitrogens with one attached hydrogen (secondary N) is 1. The topological polar surface area (TPSA) is 73.6 Å². The Kier molecular flexibility index (Phi) is 4.56. The highest BCUT2D eigenvalue weighted by molar-refractivity contribution is 6.31. The van der Waals surface area contributed by atoms with Gasteiger partial charge in [-0.25, -0.2) is 4.98 Å². The van der Waals surface area contributed by atoms with Crippen molar-refractivity contribution in [2.75, 3.05) is 18.5 Å². The molecule has 1 amide bonds. The summed E-state index contributed by atoms with van der Waals surface area (Å²) in [4.78, 5) is 17.3. The van der Waals surface area contributed by atoms with Crippen LogP contribution in [0, 0.1) is 6.92 Å². The molecule has 0 atom stereocenters. The van der Waals surface area contributed by atoms with Gasteiger partial charge in [-0.3, -0.25) is 4.79 Å². The van der Waals surface area contributed by atoms with Crippen molar-refractivity contribution < 1.29 is 18.7 Å². The van der Waals surface area contributed by atoms with E-state index < -0.39 is 0 Å². The standard InChI is InChI=1S/C23H17ClN2O4/c1-13-2-3-15(23-26-18-12-16(24)5-7-19(18)30-23)10-17(13)25-22(27)14-4-6-20-21(11-14)29-9-8-28-20/h2-7,10-12H,8-9H2,1H3,(H,25,27). The van der Waals surface area contributed by atoms with Gasteiger partial charge < -0.3 is 19.2 Å². The van der Waals surface area contributed by atoms with E-state index in [2.05, 4.69) is 10.3 Å². The van der Waals surface area contributed by atoms with Gasteiger partial charge >= 0.3 is 0 Å². The summed E-state index contributed by atoms with van der Waals surface area (Å²) in [6, 6.07) is 16.1. The fourth-order valence-electron chi connectivity index (χ4n) is 3.29. The van der Waals surface area contributed by atoms with Crippen LogP contribution in [0.3, 0.4) is 0 Å². The number of hydrogen-bond donors (Lipinski definition) is 1. The number of aryl methyl sites for hydroxylation is 1. The molecule has 4 aromatic rings. The van der Waals surface area contributed by atoms with E-state index in [0.717, 1.165) is 11.1 Å². The van der Waals surface area contributed by atoms with E-state index in [1.807, 2.05) is 25.1 Å². The van der Waals surface area contributed by atoms with Crippen LogP contribution in [-0.2, 0) is 0 Å². The predicted molar refractivity (Wildman–Crippen MR) is 115 cm³/mol. The molecule has 0 aliphatic carbocycles. The molecule has 6 nitrogen and oxygen atoms in total. The number of hydrogen-bond acceptors (Lipinski definition) is 5. The predicted octanol–water partition coefficient (Wildman–Crippen LogP) is 5.48. The lowest BCUT2D eigenvalue weighted by Gasteiger charge is -2.18. The van der Waals surface area contributed by atoms with Crippen LogP contribution in [0.15, 0.2) is 59.0 Å². The van der Waals surface area contributed by atoms with Crippen molar-refractivity contribution >= 4 is 34.3 Å². The Morgan fingerprint density at radius 2 is 1.83 bits per heavy atom. The number of rotatable bonds is 3. The van der Waals surface area contributed by atoms with Crippen molar-refractivity contribution in [1.82, 2.24) is 4.98 Å². The number of amides is 1. The summed E-state index contributed by atoms with van der Waals surface area (Å²) in [7, 11) is 0. The molecule has 0 bridgehead atoms. The van der Waals surface area contributed by atoms with E-state index in [1.165, 1.54) is 0 Å². The summed E-state index contributed by atoms with van der Waals surface area (Å²) in [6.45, 7) is 2.90. The van der Waals surface area contributed by atoms with Crippen molar-refractivity contribution in [3.05, 3.63) is 70.7 Å². The fraction of sp³-hybridized carbons (Fsp3) is 0.130. The maximum Gasteiger partial charge on any atom is 0.255 e. The number of anilines is 1. The van der Waals surface area contributed by atoms with Crippen LogP contribution in [0.1, 0.15) is 15.9 Å². The van der Waals surface area contributed by atoms with Crippen molar-refractivity contribution in [2.45, 2.75) is 6.92 Å². The number of nitrogens with zero attached hydrogens (tertiary/aromatic N) is 1. The van der Waals surface area contributed by atoms with Crippen LogP contribution in [0.5, 0.6) is 11.5 Å². The van der Waals surface area contributed by atoms with Gasteiger partial charge in [-0.15, -0.1) is 0 Å². The Balaban J connectivity index is 1.44. The monoisotopic (exact) mass is 420 g/mol. The van der Waals surface area contributed by atoms with Crippen molar-refractivity contribution in [1.29, 1.82) is 0 Å². The van der Waals surface area contributed by atoms with Crippen molar-refractivity contribution in [3.8, 4) is 23.0 Å². The number of carbonyl (C=O) groups excluding carboxylic acids is 1. The molecule has 0 unspecified atom stereocenters. The maximum absolute atomic E-state index is 12.8. The van der Waals surface area contributed by atoms with Gasteiger partial charge in [-0.1, -0.05) is 17.7 Å². The molecular weight excluding hydrogens is 404 g/mol. The lowest BCUT2D eigenvalue weighted by Crippen LogP contribution is -2.17. The van der Waals surface area contributed by atoms with Gasteiger partial charge in [0.05, 0.1) is 0 Å². The van der Waals surface area contributed by atoms with E-state index >= 15 is 0 Å². The van der Waals surface area contributed by atoms with Crippen LogP contribution >= 0.6 is 11.6 Å². The Morgan fingerprint density at radius 1 is 1.00 bits per heavy atom. The first-order valence-corrected chi connectivity index (χ1v) is 9.83. The van der Waals surface area contributed by atoms with E-state index in [9.17, 15) is 4.79 Å². The first-order chi connectivity index (χ1) is 14.6. The van der Waals surface area contributed by atoms with E-state index in [4.69, 9.17) is 25.5 Å². The molecule has 0 spiro atoms. The number of benzene rings is 3. The first kappa shape index (κ1) is 18.5. The minimum Gasteiger partial charge on any atom is -0.486 e. The Bertz CT molecular complexity index is 1280. The normalized spacial score (nSPS) is 12.7. The minimum atomic E-state index is -0.239. The summed E-state index contributed by atoms with van der Waals surface area (Å²) in [5, 5.41) is 3.56. The SMILES string of the molecule is Cc1ccc(-c2nc3cc(Cl)ccc3o2)cc1NC(=O)c1ccc2c(c1)OCCO2. The Labute approximate surface area is 177 Å². The molecule has 3 aromatic carbocycles. The summed E-state index contributed by atoms with van der Waals surface area (Å²) in [6.07, 6.45) is 0. The second kappa shape index (κ2) is 7.39. The van der Waals surface area contributed by atoms with Crippen LogP contribution < -0.4 is 14.8 Å². The van der Waals surface area contributed by atoms with Gasteiger partial charge in [-0.2, -0.15) is 0 Å². The van der Waals surface area contributed by atoms with Crippen LogP contribution in [0.4, 0.5) is 5.69 Å². The van der Waals surface area contributed by atoms with Crippen LogP contribution in [0.2, 0.25) is 5.02 Å². The molecule has 0 fully saturated rings. The number of fused-ring (bicyclic) bond motifs is 2. The summed E-state index contributed by atoms with van der Waals surface area (Å²) in [5.41, 5.74) is 4.17. The van der Waals surface area contributed by atoms with Crippen LogP contribution in [-0.4, -0.2) is 24.1 Å². The van der Waals surface area contributed by atoms with Gasteiger partial charge in [0, 0.05) is 21.8 Å². The molecule has 1 aliphatic heterocycles.